The van der Waals surface area contributed by atoms with E-state index in [9.17, 15) is 8.42 Å². The quantitative estimate of drug-likeness (QED) is 0.674. The van der Waals surface area contributed by atoms with Gasteiger partial charge in [-0.3, -0.25) is 4.31 Å². The summed E-state index contributed by atoms with van der Waals surface area (Å²) < 4.78 is 39.9. The van der Waals surface area contributed by atoms with Crippen molar-refractivity contribution in [1.82, 2.24) is 0 Å². The highest BCUT2D eigenvalue weighted by Gasteiger charge is 2.33. The van der Waals surface area contributed by atoms with Crippen LogP contribution in [-0.4, -0.2) is 34.3 Å². The van der Waals surface area contributed by atoms with Crippen molar-refractivity contribution < 1.29 is 17.9 Å². The molecule has 2 aliphatic heterocycles. The first-order valence-corrected chi connectivity index (χ1v) is 12.4. The smallest absolute Gasteiger partial charge is 0.264 e. The van der Waals surface area contributed by atoms with Crippen LogP contribution in [0.4, 0.5) is 5.69 Å². The van der Waals surface area contributed by atoms with Crippen LogP contribution in [0.5, 0.6) is 5.75 Å². The van der Waals surface area contributed by atoms with Crippen LogP contribution in [0.3, 0.4) is 0 Å². The van der Waals surface area contributed by atoms with E-state index in [-0.39, 0.29) is 6.04 Å². The molecular formula is C24H31NO4S. The Balaban J connectivity index is 1.53. The van der Waals surface area contributed by atoms with Gasteiger partial charge in [0, 0.05) is 19.3 Å². The summed E-state index contributed by atoms with van der Waals surface area (Å²) in [6.07, 6.45) is 4.71. The highest BCUT2D eigenvalue weighted by atomic mass is 32.2. The van der Waals surface area contributed by atoms with E-state index in [4.69, 9.17) is 9.47 Å². The van der Waals surface area contributed by atoms with Crippen LogP contribution in [0.25, 0.3) is 0 Å². The lowest BCUT2D eigenvalue weighted by molar-refractivity contribution is 0.0497. The topological polar surface area (TPSA) is 55.8 Å². The molecule has 1 unspecified atom stereocenters. The number of ether oxygens (including phenoxy) is 2. The molecule has 0 N–H and O–H groups in total. The van der Waals surface area contributed by atoms with Crippen LogP contribution in [0, 0.1) is 5.92 Å². The third-order valence-electron chi connectivity index (χ3n) is 6.23. The van der Waals surface area contributed by atoms with Gasteiger partial charge < -0.3 is 9.47 Å². The maximum absolute atomic E-state index is 13.5. The minimum atomic E-state index is -3.64. The van der Waals surface area contributed by atoms with Gasteiger partial charge in [0.05, 0.1) is 17.2 Å². The Morgan fingerprint density at radius 1 is 1.07 bits per heavy atom. The predicted molar refractivity (Wildman–Crippen MR) is 119 cm³/mol. The van der Waals surface area contributed by atoms with Gasteiger partial charge in [0.25, 0.3) is 10.0 Å². The summed E-state index contributed by atoms with van der Waals surface area (Å²) in [6.45, 7) is 6.33. The highest BCUT2D eigenvalue weighted by Crippen LogP contribution is 2.36. The first kappa shape index (κ1) is 21.2. The first-order valence-electron chi connectivity index (χ1n) is 11.0. The standard InChI is InChI=1S/C24H31NO4S/c1-3-19-5-11-24-21(16-19)6-4-18(2)25(24)30(26,27)23-9-7-22(8-10-23)29-17-20-12-14-28-15-13-20/h5,7-11,16,18,20H,3-4,6,12-15,17H2,1-2H3. The predicted octanol–water partition coefficient (Wildman–Crippen LogP) is 4.58. The van der Waals surface area contributed by atoms with Gasteiger partial charge in [-0.05, 0) is 86.4 Å². The number of anilines is 1. The molecule has 0 spiro atoms. The third kappa shape index (κ3) is 4.35. The van der Waals surface area contributed by atoms with Crippen LogP contribution in [-0.2, 0) is 27.6 Å². The molecule has 0 bridgehead atoms. The van der Waals surface area contributed by atoms with Crippen molar-refractivity contribution in [2.75, 3.05) is 24.1 Å². The molecule has 1 fully saturated rings. The third-order valence-corrected chi connectivity index (χ3v) is 8.17. The van der Waals surface area contributed by atoms with Gasteiger partial charge in [0.2, 0.25) is 0 Å². The summed E-state index contributed by atoms with van der Waals surface area (Å²) in [6, 6.07) is 12.9. The van der Waals surface area contributed by atoms with E-state index < -0.39 is 10.0 Å². The van der Waals surface area contributed by atoms with Gasteiger partial charge in [-0.25, -0.2) is 8.42 Å². The Hall–Kier alpha value is -2.05. The minimum Gasteiger partial charge on any atom is -0.493 e. The zero-order chi connectivity index (χ0) is 21.1. The van der Waals surface area contributed by atoms with Crippen LogP contribution >= 0.6 is 0 Å². The van der Waals surface area contributed by atoms with Crippen molar-refractivity contribution in [3.63, 3.8) is 0 Å². The van der Waals surface area contributed by atoms with Crippen molar-refractivity contribution in [1.29, 1.82) is 0 Å². The minimum absolute atomic E-state index is 0.0700. The second-order valence-electron chi connectivity index (χ2n) is 8.34. The van der Waals surface area contributed by atoms with Gasteiger partial charge in [0.1, 0.15) is 5.75 Å². The second-order valence-corrected chi connectivity index (χ2v) is 10.2. The normalized spacial score (nSPS) is 20.1. The zero-order valence-corrected chi connectivity index (χ0v) is 18.7. The van der Waals surface area contributed by atoms with E-state index in [0.717, 1.165) is 56.6 Å². The fourth-order valence-corrected chi connectivity index (χ4v) is 6.03. The Kier molecular flexibility index (Phi) is 6.34. The molecule has 2 aliphatic rings. The van der Waals surface area contributed by atoms with Crippen molar-refractivity contribution in [2.24, 2.45) is 5.92 Å². The number of nitrogens with zero attached hydrogens (tertiary/aromatic N) is 1. The molecule has 30 heavy (non-hydrogen) atoms. The highest BCUT2D eigenvalue weighted by molar-refractivity contribution is 7.92. The van der Waals surface area contributed by atoms with Gasteiger partial charge in [-0.2, -0.15) is 0 Å². The SMILES string of the molecule is CCc1ccc2c(c1)CCC(C)N2S(=O)(=O)c1ccc(OCC2CCOCC2)cc1. The molecule has 2 aromatic carbocycles. The second kappa shape index (κ2) is 8.98. The van der Waals surface area contributed by atoms with Gasteiger partial charge in [-0.15, -0.1) is 0 Å². The number of hydrogen-bond donors (Lipinski definition) is 0. The molecule has 0 aromatic heterocycles. The Bertz CT molecular complexity index is 965. The number of fused-ring (bicyclic) bond motifs is 1. The summed E-state index contributed by atoms with van der Waals surface area (Å²) in [5, 5.41) is 0. The van der Waals surface area contributed by atoms with E-state index in [1.165, 1.54) is 5.56 Å². The fourth-order valence-electron chi connectivity index (χ4n) is 4.31. The maximum Gasteiger partial charge on any atom is 0.264 e. The van der Waals surface area contributed by atoms with Gasteiger partial charge in [-0.1, -0.05) is 19.1 Å². The largest absolute Gasteiger partial charge is 0.493 e. The Morgan fingerprint density at radius 3 is 2.50 bits per heavy atom. The molecule has 2 aromatic rings. The van der Waals surface area contributed by atoms with E-state index in [1.54, 1.807) is 28.6 Å². The summed E-state index contributed by atoms with van der Waals surface area (Å²) in [7, 11) is -3.64. The molecule has 5 nitrogen and oxygen atoms in total. The Labute approximate surface area is 180 Å². The van der Waals surface area contributed by atoms with Crippen molar-refractivity contribution in [2.45, 2.75) is 56.9 Å². The van der Waals surface area contributed by atoms with E-state index in [1.807, 2.05) is 19.1 Å². The Morgan fingerprint density at radius 2 is 1.80 bits per heavy atom. The molecule has 0 radical (unpaired) electrons. The molecule has 1 atom stereocenters. The molecule has 162 valence electrons. The first-order chi connectivity index (χ1) is 14.5. The average molecular weight is 430 g/mol. The molecule has 0 amide bonds. The molecule has 0 saturated carbocycles. The van der Waals surface area contributed by atoms with E-state index in [0.29, 0.717) is 23.2 Å². The van der Waals surface area contributed by atoms with Crippen LogP contribution in [0.15, 0.2) is 47.4 Å². The van der Waals surface area contributed by atoms with E-state index >= 15 is 0 Å². The van der Waals surface area contributed by atoms with Crippen molar-refractivity contribution in [3.05, 3.63) is 53.6 Å². The summed E-state index contributed by atoms with van der Waals surface area (Å²) in [5.74, 6) is 1.21. The summed E-state index contributed by atoms with van der Waals surface area (Å²) in [5.41, 5.74) is 3.17. The maximum atomic E-state index is 13.5. The van der Waals surface area contributed by atoms with Crippen molar-refractivity contribution >= 4 is 15.7 Å². The van der Waals surface area contributed by atoms with Gasteiger partial charge in [0.15, 0.2) is 0 Å². The lowest BCUT2D eigenvalue weighted by Gasteiger charge is -2.36. The molecule has 0 aliphatic carbocycles. The summed E-state index contributed by atoms with van der Waals surface area (Å²) >= 11 is 0. The zero-order valence-electron chi connectivity index (χ0n) is 17.8. The number of benzene rings is 2. The fraction of sp³-hybridized carbons (Fsp3) is 0.500. The average Bonchev–Trinajstić information content (AvgIpc) is 2.78. The molecule has 6 heteroatoms. The van der Waals surface area contributed by atoms with Crippen molar-refractivity contribution in [3.8, 4) is 5.75 Å². The lowest BCUT2D eigenvalue weighted by atomic mass is 9.96. The van der Waals surface area contributed by atoms with Crippen LogP contribution < -0.4 is 9.04 Å². The molecular weight excluding hydrogens is 398 g/mol. The number of sulfonamides is 1. The molecule has 2 heterocycles. The summed E-state index contributed by atoms with van der Waals surface area (Å²) in [4.78, 5) is 0.306. The lowest BCUT2D eigenvalue weighted by Crippen LogP contribution is -2.42. The van der Waals surface area contributed by atoms with Gasteiger partial charge >= 0.3 is 0 Å². The van der Waals surface area contributed by atoms with E-state index in [2.05, 4.69) is 13.0 Å². The number of aryl methyl sites for hydroxylation is 2. The monoisotopic (exact) mass is 429 g/mol. The molecule has 1 saturated heterocycles. The number of hydrogen-bond acceptors (Lipinski definition) is 4. The molecule has 4 rings (SSSR count). The van der Waals surface area contributed by atoms with Crippen LogP contribution in [0.2, 0.25) is 0 Å². The number of rotatable bonds is 6. The van der Waals surface area contributed by atoms with Crippen LogP contribution in [0.1, 0.15) is 44.2 Å².